The van der Waals surface area contributed by atoms with Gasteiger partial charge in [0.15, 0.2) is 0 Å². The van der Waals surface area contributed by atoms with E-state index in [2.05, 4.69) is 0 Å². The number of alkyl halides is 2. The van der Waals surface area contributed by atoms with Gasteiger partial charge in [0.2, 0.25) is 0 Å². The van der Waals surface area contributed by atoms with Gasteiger partial charge in [0.25, 0.3) is 5.92 Å². The Kier molecular flexibility index (Phi) is 1.82. The number of aliphatic hydroxyl groups is 2. The number of hydrogen-bond donors (Lipinski definition) is 2. The summed E-state index contributed by atoms with van der Waals surface area (Å²) in [5, 5.41) is 19.5. The molecule has 0 heterocycles. The fourth-order valence-corrected chi connectivity index (χ4v) is 2.72. The summed E-state index contributed by atoms with van der Waals surface area (Å²) in [5.74, 6) is -4.02. The van der Waals surface area contributed by atoms with E-state index in [4.69, 9.17) is 0 Å². The van der Waals surface area contributed by atoms with Crippen molar-refractivity contribution in [2.24, 2.45) is 11.3 Å². The zero-order valence-electron chi connectivity index (χ0n) is 8.43. The van der Waals surface area contributed by atoms with Crippen LogP contribution in [0.15, 0.2) is 0 Å². The lowest BCUT2D eigenvalue weighted by molar-refractivity contribution is -0.262. The van der Waals surface area contributed by atoms with E-state index in [-0.39, 0.29) is 0 Å². The van der Waals surface area contributed by atoms with Crippen LogP contribution in [0.5, 0.6) is 0 Å². The van der Waals surface area contributed by atoms with Crippen LogP contribution in [0.1, 0.15) is 33.1 Å². The second-order valence-corrected chi connectivity index (χ2v) is 5.11. The average molecular weight is 206 g/mol. The van der Waals surface area contributed by atoms with Crippen LogP contribution in [0.3, 0.4) is 0 Å². The van der Waals surface area contributed by atoms with Crippen molar-refractivity contribution in [2.45, 2.75) is 50.7 Å². The Labute approximate surface area is 81.9 Å². The number of hydrogen-bond acceptors (Lipinski definition) is 2. The van der Waals surface area contributed by atoms with Crippen molar-refractivity contribution in [3.63, 3.8) is 0 Å². The summed E-state index contributed by atoms with van der Waals surface area (Å²) in [7, 11) is 0. The molecule has 14 heavy (non-hydrogen) atoms. The quantitative estimate of drug-likeness (QED) is 0.631. The SMILES string of the molecule is C[C@@H]1CC2(CC2)[C@](C)(O)[C@@H](O)C1(F)F. The predicted octanol–water partition coefficient (Wildman–Crippen LogP) is 1.55. The molecule has 2 saturated carbocycles. The first kappa shape index (κ1) is 10.3. The van der Waals surface area contributed by atoms with Crippen molar-refractivity contribution in [3.05, 3.63) is 0 Å². The molecular weight excluding hydrogens is 190 g/mol. The first-order valence-corrected chi connectivity index (χ1v) is 5.02. The molecule has 0 radical (unpaired) electrons. The summed E-state index contributed by atoms with van der Waals surface area (Å²) < 4.78 is 26.9. The van der Waals surface area contributed by atoms with Crippen LogP contribution in [-0.4, -0.2) is 27.8 Å². The molecule has 1 spiro atoms. The topological polar surface area (TPSA) is 40.5 Å². The lowest BCUT2D eigenvalue weighted by atomic mass is 9.66. The Morgan fingerprint density at radius 1 is 1.29 bits per heavy atom. The third kappa shape index (κ3) is 1.01. The monoisotopic (exact) mass is 206 g/mol. The number of rotatable bonds is 0. The molecule has 2 N–H and O–H groups in total. The normalized spacial score (nSPS) is 49.3. The molecular formula is C10H16F2O2. The van der Waals surface area contributed by atoms with Gasteiger partial charge in [-0.15, -0.1) is 0 Å². The van der Waals surface area contributed by atoms with Gasteiger partial charge in [0.05, 0.1) is 5.60 Å². The van der Waals surface area contributed by atoms with Crippen LogP contribution in [-0.2, 0) is 0 Å². The molecule has 0 amide bonds. The van der Waals surface area contributed by atoms with E-state index in [0.717, 1.165) is 12.8 Å². The van der Waals surface area contributed by atoms with Crippen LogP contribution in [0.4, 0.5) is 8.78 Å². The van der Waals surface area contributed by atoms with Crippen LogP contribution in [0, 0.1) is 11.3 Å². The van der Waals surface area contributed by atoms with Crippen LogP contribution in [0.2, 0.25) is 0 Å². The summed E-state index contributed by atoms with van der Waals surface area (Å²) in [4.78, 5) is 0. The largest absolute Gasteiger partial charge is 0.387 e. The van der Waals surface area contributed by atoms with Gasteiger partial charge in [0.1, 0.15) is 6.10 Å². The lowest BCUT2D eigenvalue weighted by Gasteiger charge is -2.48. The van der Waals surface area contributed by atoms with Gasteiger partial charge in [-0.1, -0.05) is 6.92 Å². The molecule has 4 heteroatoms. The minimum atomic E-state index is -3.17. The first-order valence-electron chi connectivity index (χ1n) is 5.02. The summed E-state index contributed by atoms with van der Waals surface area (Å²) in [6, 6.07) is 0. The van der Waals surface area contributed by atoms with Crippen LogP contribution < -0.4 is 0 Å². The van der Waals surface area contributed by atoms with E-state index in [1.54, 1.807) is 0 Å². The maximum absolute atomic E-state index is 13.4. The molecule has 0 bridgehead atoms. The van der Waals surface area contributed by atoms with Crippen molar-refractivity contribution < 1.29 is 19.0 Å². The first-order chi connectivity index (χ1) is 6.24. The van der Waals surface area contributed by atoms with Gasteiger partial charge in [-0.2, -0.15) is 0 Å². The van der Waals surface area contributed by atoms with Crippen molar-refractivity contribution in [3.8, 4) is 0 Å². The van der Waals surface area contributed by atoms with E-state index in [0.29, 0.717) is 6.42 Å². The minimum Gasteiger partial charge on any atom is -0.387 e. The summed E-state index contributed by atoms with van der Waals surface area (Å²) >= 11 is 0. The minimum absolute atomic E-state index is 0.310. The molecule has 2 rings (SSSR count). The molecule has 0 aliphatic heterocycles. The van der Waals surface area contributed by atoms with E-state index >= 15 is 0 Å². The maximum atomic E-state index is 13.4. The zero-order valence-corrected chi connectivity index (χ0v) is 8.43. The zero-order chi connectivity index (χ0) is 10.8. The van der Waals surface area contributed by atoms with Gasteiger partial charge >= 0.3 is 0 Å². The van der Waals surface area contributed by atoms with Gasteiger partial charge in [-0.05, 0) is 26.2 Å². The van der Waals surface area contributed by atoms with E-state index in [1.165, 1.54) is 13.8 Å². The molecule has 0 saturated heterocycles. The highest BCUT2D eigenvalue weighted by Gasteiger charge is 2.70. The Morgan fingerprint density at radius 3 is 2.21 bits per heavy atom. The molecule has 3 atom stereocenters. The Bertz CT molecular complexity index is 259. The highest BCUT2D eigenvalue weighted by atomic mass is 19.3. The highest BCUT2D eigenvalue weighted by Crippen LogP contribution is 2.65. The molecule has 0 aromatic rings. The molecule has 0 aromatic heterocycles. The second kappa shape index (κ2) is 2.47. The van der Waals surface area contributed by atoms with Crippen molar-refractivity contribution >= 4 is 0 Å². The molecule has 2 fully saturated rings. The summed E-state index contributed by atoms with van der Waals surface area (Å²) in [6.07, 6.45) is -0.125. The van der Waals surface area contributed by atoms with Crippen molar-refractivity contribution in [2.75, 3.05) is 0 Å². The number of halogens is 2. The van der Waals surface area contributed by atoms with E-state index in [1.807, 2.05) is 0 Å². The second-order valence-electron chi connectivity index (χ2n) is 5.11. The summed E-state index contributed by atoms with van der Waals surface area (Å²) in [5.41, 5.74) is -2.09. The predicted molar refractivity (Wildman–Crippen MR) is 47.0 cm³/mol. The van der Waals surface area contributed by atoms with Crippen molar-refractivity contribution in [1.82, 2.24) is 0 Å². The molecule has 2 aliphatic rings. The average Bonchev–Trinajstić information content (AvgIpc) is 2.82. The standard InChI is InChI=1S/C10H16F2O2/c1-6-5-9(3-4-9)8(2,14)7(13)10(6,11)12/h6-7,13-14H,3-5H2,1-2H3/t6-,7-,8-/m1/s1. The van der Waals surface area contributed by atoms with Gasteiger partial charge in [0, 0.05) is 11.3 Å². The fourth-order valence-electron chi connectivity index (χ4n) is 2.72. The molecule has 0 unspecified atom stereocenters. The molecule has 2 nitrogen and oxygen atoms in total. The number of aliphatic hydroxyl groups excluding tert-OH is 1. The van der Waals surface area contributed by atoms with Gasteiger partial charge in [-0.3, -0.25) is 0 Å². The molecule has 2 aliphatic carbocycles. The maximum Gasteiger partial charge on any atom is 0.278 e. The third-order valence-electron chi connectivity index (χ3n) is 4.18. The lowest BCUT2D eigenvalue weighted by Crippen LogP contribution is -2.62. The van der Waals surface area contributed by atoms with Crippen LogP contribution >= 0.6 is 0 Å². The Balaban J connectivity index is 2.35. The van der Waals surface area contributed by atoms with Gasteiger partial charge < -0.3 is 10.2 Å². The fraction of sp³-hybridized carbons (Fsp3) is 1.00. The molecule has 82 valence electrons. The summed E-state index contributed by atoms with van der Waals surface area (Å²) in [6.45, 7) is 2.78. The smallest absolute Gasteiger partial charge is 0.278 e. The van der Waals surface area contributed by atoms with Gasteiger partial charge in [-0.25, -0.2) is 8.78 Å². The highest BCUT2D eigenvalue weighted by molar-refractivity contribution is 5.17. The third-order valence-corrected chi connectivity index (χ3v) is 4.18. The van der Waals surface area contributed by atoms with E-state index in [9.17, 15) is 19.0 Å². The van der Waals surface area contributed by atoms with Crippen LogP contribution in [0.25, 0.3) is 0 Å². The van der Waals surface area contributed by atoms with Crippen molar-refractivity contribution in [1.29, 1.82) is 0 Å². The Hall–Kier alpha value is -0.220. The Morgan fingerprint density at radius 2 is 1.79 bits per heavy atom. The van der Waals surface area contributed by atoms with E-state index < -0.39 is 29.0 Å². The molecule has 0 aromatic carbocycles.